The van der Waals surface area contributed by atoms with Gasteiger partial charge in [0.1, 0.15) is 11.2 Å². The number of rotatable bonds is 5. The van der Waals surface area contributed by atoms with Crippen molar-refractivity contribution >= 4 is 33.3 Å². The van der Waals surface area contributed by atoms with E-state index in [2.05, 4.69) is 170 Å². The number of furan rings is 1. The fourth-order valence-electron chi connectivity index (χ4n) is 8.31. The molecular formula is C45H37NO. The van der Waals surface area contributed by atoms with Crippen LogP contribution in [0.4, 0.5) is 11.4 Å². The highest BCUT2D eigenvalue weighted by Gasteiger charge is 2.48. The second-order valence-electron chi connectivity index (χ2n) is 13.7. The van der Waals surface area contributed by atoms with Gasteiger partial charge in [-0.15, -0.1) is 0 Å². The van der Waals surface area contributed by atoms with E-state index in [9.17, 15) is 0 Å². The van der Waals surface area contributed by atoms with E-state index >= 15 is 0 Å². The molecule has 0 amide bonds. The van der Waals surface area contributed by atoms with Crippen LogP contribution >= 0.6 is 0 Å². The Morgan fingerprint density at radius 3 is 2.02 bits per heavy atom. The molecule has 1 saturated carbocycles. The minimum atomic E-state index is 0.0495. The highest BCUT2D eigenvalue weighted by atomic mass is 16.3. The van der Waals surface area contributed by atoms with Gasteiger partial charge in [0.05, 0.1) is 6.04 Å². The number of allylic oxidation sites excluding steroid dienone is 6. The molecule has 0 radical (unpaired) electrons. The molecule has 0 N–H and O–H groups in total. The maximum Gasteiger partial charge on any atom is 0.135 e. The van der Waals surface area contributed by atoms with Crippen molar-refractivity contribution in [1.82, 2.24) is 0 Å². The SMILES string of the molecule is CC1(C)C2=CC(N(c3cc(-c4ccccc4)cc(-c4ccccc4)c3)c3ccc4oc5ccccc5c4c3)CC=C2C2C=CC=CC21. The number of para-hydroxylation sites is 1. The molecule has 0 spiro atoms. The summed E-state index contributed by atoms with van der Waals surface area (Å²) in [4.78, 5) is 2.57. The fraction of sp³-hybridized carbons (Fsp3) is 0.156. The quantitative estimate of drug-likeness (QED) is 0.194. The Labute approximate surface area is 276 Å². The van der Waals surface area contributed by atoms with Crippen LogP contribution in [0, 0.1) is 17.3 Å². The molecule has 3 aliphatic carbocycles. The van der Waals surface area contributed by atoms with Crippen LogP contribution in [0.15, 0.2) is 173 Å². The van der Waals surface area contributed by atoms with E-state index in [1.807, 2.05) is 6.07 Å². The first-order valence-electron chi connectivity index (χ1n) is 16.8. The van der Waals surface area contributed by atoms with Crippen molar-refractivity contribution < 1.29 is 4.42 Å². The fourth-order valence-corrected chi connectivity index (χ4v) is 8.31. The molecule has 0 aliphatic heterocycles. The minimum Gasteiger partial charge on any atom is -0.456 e. The lowest BCUT2D eigenvalue weighted by Gasteiger charge is -2.36. The number of anilines is 2. The maximum atomic E-state index is 6.28. The summed E-state index contributed by atoms with van der Waals surface area (Å²) in [5.74, 6) is 0.937. The summed E-state index contributed by atoms with van der Waals surface area (Å²) in [6.07, 6.45) is 15.4. The van der Waals surface area contributed by atoms with E-state index in [1.54, 1.807) is 0 Å². The number of fused-ring (bicyclic) bond motifs is 6. The molecule has 1 heterocycles. The molecule has 1 fully saturated rings. The van der Waals surface area contributed by atoms with Crippen LogP contribution in [0.5, 0.6) is 0 Å². The van der Waals surface area contributed by atoms with Gasteiger partial charge < -0.3 is 9.32 Å². The van der Waals surface area contributed by atoms with Crippen molar-refractivity contribution in [1.29, 1.82) is 0 Å². The largest absolute Gasteiger partial charge is 0.456 e. The lowest BCUT2D eigenvalue weighted by molar-refractivity contribution is 0.333. The molecule has 9 rings (SSSR count). The third-order valence-electron chi connectivity index (χ3n) is 10.7. The van der Waals surface area contributed by atoms with Gasteiger partial charge in [-0.2, -0.15) is 0 Å². The van der Waals surface area contributed by atoms with Crippen LogP contribution in [0.2, 0.25) is 0 Å². The van der Waals surface area contributed by atoms with Crippen LogP contribution < -0.4 is 4.90 Å². The van der Waals surface area contributed by atoms with Crippen LogP contribution in [0.3, 0.4) is 0 Å². The van der Waals surface area contributed by atoms with Gasteiger partial charge in [-0.05, 0) is 93.6 Å². The van der Waals surface area contributed by atoms with Crippen LogP contribution in [0.1, 0.15) is 20.3 Å². The van der Waals surface area contributed by atoms with E-state index in [0.717, 1.165) is 28.4 Å². The van der Waals surface area contributed by atoms with Crippen molar-refractivity contribution in [2.45, 2.75) is 26.3 Å². The van der Waals surface area contributed by atoms with Crippen LogP contribution in [0.25, 0.3) is 44.2 Å². The smallest absolute Gasteiger partial charge is 0.135 e. The molecule has 228 valence electrons. The molecule has 0 bridgehead atoms. The summed E-state index contributed by atoms with van der Waals surface area (Å²) in [7, 11) is 0. The topological polar surface area (TPSA) is 16.4 Å². The summed E-state index contributed by atoms with van der Waals surface area (Å²) in [5.41, 5.74) is 12.1. The standard InChI is InChI=1S/C45H37NO/c1-45(2)41-19-11-9-17-37(41)38-23-21-35(29-42(38)45)46(34-22-24-44-40(28-34)39-18-10-12-20-43(39)47-44)36-26-32(30-13-5-3-6-14-30)25-33(27-36)31-15-7-4-8-16-31/h3-20,22-29,35,37,41H,21H2,1-2H3. The predicted octanol–water partition coefficient (Wildman–Crippen LogP) is 12.1. The monoisotopic (exact) mass is 607 g/mol. The van der Waals surface area contributed by atoms with Crippen LogP contribution in [-0.4, -0.2) is 6.04 Å². The molecule has 6 aromatic rings. The third-order valence-corrected chi connectivity index (χ3v) is 10.7. The first-order valence-corrected chi connectivity index (χ1v) is 16.8. The highest BCUT2D eigenvalue weighted by Crippen LogP contribution is 2.57. The van der Waals surface area contributed by atoms with Gasteiger partial charge in [0.15, 0.2) is 0 Å². The molecule has 5 aromatic carbocycles. The van der Waals surface area contributed by atoms with Gasteiger partial charge in [0, 0.05) is 28.1 Å². The normalized spacial score (nSPS) is 20.9. The van der Waals surface area contributed by atoms with E-state index < -0.39 is 0 Å². The summed E-state index contributed by atoms with van der Waals surface area (Å²) < 4.78 is 6.28. The second kappa shape index (κ2) is 10.9. The number of benzene rings is 5. The first kappa shape index (κ1) is 27.9. The zero-order chi connectivity index (χ0) is 31.5. The first-order chi connectivity index (χ1) is 23.0. The summed E-state index contributed by atoms with van der Waals surface area (Å²) in [6, 6.07) is 43.9. The average molecular weight is 608 g/mol. The molecule has 1 aromatic heterocycles. The maximum absolute atomic E-state index is 6.28. The van der Waals surface area contributed by atoms with Crippen molar-refractivity contribution in [3.63, 3.8) is 0 Å². The highest BCUT2D eigenvalue weighted by molar-refractivity contribution is 6.06. The van der Waals surface area contributed by atoms with E-state index in [4.69, 9.17) is 4.42 Å². The molecule has 47 heavy (non-hydrogen) atoms. The van der Waals surface area contributed by atoms with Gasteiger partial charge in [-0.3, -0.25) is 0 Å². The summed E-state index contributed by atoms with van der Waals surface area (Å²) in [6.45, 7) is 4.86. The van der Waals surface area contributed by atoms with Gasteiger partial charge in [0.25, 0.3) is 0 Å². The van der Waals surface area contributed by atoms with E-state index in [1.165, 1.54) is 44.8 Å². The zero-order valence-corrected chi connectivity index (χ0v) is 26.8. The Morgan fingerprint density at radius 1 is 0.617 bits per heavy atom. The second-order valence-corrected chi connectivity index (χ2v) is 13.7. The van der Waals surface area contributed by atoms with Gasteiger partial charge >= 0.3 is 0 Å². The Bertz CT molecular complexity index is 2210. The van der Waals surface area contributed by atoms with Crippen molar-refractivity contribution in [3.8, 4) is 22.3 Å². The number of hydrogen-bond donors (Lipinski definition) is 0. The summed E-state index contributed by atoms with van der Waals surface area (Å²) >= 11 is 0. The zero-order valence-electron chi connectivity index (χ0n) is 26.8. The van der Waals surface area contributed by atoms with Crippen molar-refractivity contribution in [2.75, 3.05) is 4.90 Å². The number of hydrogen-bond acceptors (Lipinski definition) is 2. The predicted molar refractivity (Wildman–Crippen MR) is 197 cm³/mol. The molecule has 3 atom stereocenters. The molecule has 0 saturated heterocycles. The van der Waals surface area contributed by atoms with Crippen molar-refractivity contribution in [2.24, 2.45) is 17.3 Å². The van der Waals surface area contributed by atoms with E-state index in [0.29, 0.717) is 11.8 Å². The molecule has 3 aliphatic rings. The van der Waals surface area contributed by atoms with Gasteiger partial charge in [-0.1, -0.05) is 129 Å². The Kier molecular flexibility index (Phi) is 6.47. The lowest BCUT2D eigenvalue weighted by Crippen LogP contribution is -2.32. The Hall–Kier alpha value is -5.34. The summed E-state index contributed by atoms with van der Waals surface area (Å²) in [5, 5.41) is 2.30. The van der Waals surface area contributed by atoms with Crippen molar-refractivity contribution in [3.05, 3.63) is 169 Å². The van der Waals surface area contributed by atoms with E-state index in [-0.39, 0.29) is 11.5 Å². The average Bonchev–Trinajstić information content (AvgIpc) is 3.61. The molecule has 3 unspecified atom stereocenters. The lowest BCUT2D eigenvalue weighted by atomic mass is 9.75. The Balaban J connectivity index is 1.26. The van der Waals surface area contributed by atoms with Crippen LogP contribution in [-0.2, 0) is 0 Å². The number of nitrogens with zero attached hydrogens (tertiary/aromatic N) is 1. The third kappa shape index (κ3) is 4.62. The van der Waals surface area contributed by atoms with Gasteiger partial charge in [0.2, 0.25) is 0 Å². The molecular weight excluding hydrogens is 571 g/mol. The Morgan fingerprint density at radius 2 is 1.28 bits per heavy atom. The molecule has 2 nitrogen and oxygen atoms in total. The minimum absolute atomic E-state index is 0.0495. The van der Waals surface area contributed by atoms with Gasteiger partial charge in [-0.25, -0.2) is 0 Å². The molecule has 2 heteroatoms.